The van der Waals surface area contributed by atoms with Crippen LogP contribution in [-0.4, -0.2) is 19.2 Å². The van der Waals surface area contributed by atoms with Crippen LogP contribution in [0.5, 0.6) is 0 Å². The molecule has 0 unspecified atom stereocenters. The van der Waals surface area contributed by atoms with Gasteiger partial charge in [-0.2, -0.15) is 10.2 Å². The summed E-state index contributed by atoms with van der Waals surface area (Å²) < 4.78 is 1.81. The molecule has 56 valence electrons. The van der Waals surface area contributed by atoms with Crippen LogP contribution >= 0.6 is 22.6 Å². The average Bonchev–Trinajstić information content (AvgIpc) is 2.47. The van der Waals surface area contributed by atoms with Gasteiger partial charge in [-0.1, -0.05) is 11.7 Å². The molecule has 0 bridgehead atoms. The van der Waals surface area contributed by atoms with E-state index in [0.717, 1.165) is 11.0 Å². The molecule has 0 spiro atoms. The van der Waals surface area contributed by atoms with Gasteiger partial charge in [-0.3, -0.25) is 3.97 Å². The number of thiol groups is 1. The minimum absolute atomic E-state index is 0.835. The zero-order chi connectivity index (χ0) is 7.68. The summed E-state index contributed by atoms with van der Waals surface area (Å²) in [6.07, 6.45) is 4.97. The maximum atomic E-state index is 4.08. The van der Waals surface area contributed by atoms with Crippen LogP contribution in [0.3, 0.4) is 0 Å². The molecule has 0 aliphatic rings. The molecule has 2 aromatic heterocycles. The number of nitrogens with zero attached hydrogens (tertiary/aromatic N) is 4. The third-order valence-corrected chi connectivity index (χ3v) is 2.31. The predicted molar refractivity (Wildman–Crippen MR) is 47.3 cm³/mol. The summed E-state index contributed by atoms with van der Waals surface area (Å²) in [6.45, 7) is 0. The Hall–Kier alpha value is -0.750. The van der Waals surface area contributed by atoms with Crippen LogP contribution in [0.4, 0.5) is 0 Å². The SMILES string of the molecule is SSn1cnc2cnncc21. The van der Waals surface area contributed by atoms with Gasteiger partial charge in [0.25, 0.3) is 0 Å². The third-order valence-electron chi connectivity index (χ3n) is 1.32. The fraction of sp³-hybridized carbons (Fsp3) is 0. The molecule has 0 atom stereocenters. The normalized spacial score (nSPS) is 10.6. The molecule has 2 aromatic rings. The molecular weight excluding hydrogens is 180 g/mol. The molecule has 0 fully saturated rings. The highest BCUT2D eigenvalue weighted by Gasteiger charge is 1.99. The highest BCUT2D eigenvalue weighted by Crippen LogP contribution is 2.17. The summed E-state index contributed by atoms with van der Waals surface area (Å²) in [6, 6.07) is 0. The maximum absolute atomic E-state index is 4.08. The second-order valence-corrected chi connectivity index (χ2v) is 2.96. The Kier molecular flexibility index (Phi) is 1.71. The molecular formula is C5H4N4S2. The summed E-state index contributed by atoms with van der Waals surface area (Å²) in [7, 11) is 1.29. The molecule has 2 heterocycles. The minimum atomic E-state index is 0.835. The molecule has 0 aromatic carbocycles. The molecule has 0 N–H and O–H groups in total. The largest absolute Gasteiger partial charge is 0.261 e. The van der Waals surface area contributed by atoms with E-state index in [1.807, 2.05) is 3.97 Å². The van der Waals surface area contributed by atoms with Crippen molar-refractivity contribution < 1.29 is 0 Å². The highest BCUT2D eigenvalue weighted by atomic mass is 33.1. The molecule has 0 amide bonds. The maximum Gasteiger partial charge on any atom is 0.111 e. The first-order valence-electron chi connectivity index (χ1n) is 2.87. The summed E-state index contributed by atoms with van der Waals surface area (Å²) >= 11 is 4.04. The first-order valence-corrected chi connectivity index (χ1v) is 4.70. The second kappa shape index (κ2) is 2.71. The van der Waals surface area contributed by atoms with Gasteiger partial charge in [0.15, 0.2) is 0 Å². The monoisotopic (exact) mass is 184 g/mol. The van der Waals surface area contributed by atoms with Crippen molar-refractivity contribution in [2.45, 2.75) is 0 Å². The zero-order valence-electron chi connectivity index (χ0n) is 5.38. The summed E-state index contributed by atoms with van der Waals surface area (Å²) in [5.41, 5.74) is 1.77. The number of rotatable bonds is 1. The summed E-state index contributed by atoms with van der Waals surface area (Å²) in [4.78, 5) is 4.08. The Morgan fingerprint density at radius 3 is 3.00 bits per heavy atom. The first-order chi connectivity index (χ1) is 5.42. The van der Waals surface area contributed by atoms with Crippen LogP contribution in [0.15, 0.2) is 18.7 Å². The zero-order valence-corrected chi connectivity index (χ0v) is 7.09. The van der Waals surface area contributed by atoms with E-state index in [1.54, 1.807) is 18.7 Å². The van der Waals surface area contributed by atoms with Gasteiger partial charge >= 0.3 is 0 Å². The highest BCUT2D eigenvalue weighted by molar-refractivity contribution is 8.68. The van der Waals surface area contributed by atoms with Crippen molar-refractivity contribution in [1.29, 1.82) is 0 Å². The Morgan fingerprint density at radius 1 is 1.36 bits per heavy atom. The molecule has 6 heteroatoms. The predicted octanol–water partition coefficient (Wildman–Crippen LogP) is 1.17. The summed E-state index contributed by atoms with van der Waals surface area (Å²) in [5.74, 6) is 0. The van der Waals surface area contributed by atoms with Gasteiger partial charge in [-0.05, 0) is 0 Å². The van der Waals surface area contributed by atoms with Crippen molar-refractivity contribution in [3.8, 4) is 0 Å². The van der Waals surface area contributed by atoms with Crippen LogP contribution in [0.2, 0.25) is 0 Å². The van der Waals surface area contributed by atoms with Gasteiger partial charge in [-0.25, -0.2) is 4.98 Å². The molecule has 2 rings (SSSR count). The van der Waals surface area contributed by atoms with E-state index in [9.17, 15) is 0 Å². The third kappa shape index (κ3) is 1.08. The molecule has 4 nitrogen and oxygen atoms in total. The number of aromatic nitrogens is 4. The fourth-order valence-corrected chi connectivity index (χ4v) is 1.53. The topological polar surface area (TPSA) is 43.6 Å². The molecule has 0 saturated heterocycles. The number of hydrogen-bond donors (Lipinski definition) is 1. The number of fused-ring (bicyclic) bond motifs is 1. The van der Waals surface area contributed by atoms with Gasteiger partial charge in [-0.15, -0.1) is 0 Å². The first kappa shape index (κ1) is 6.93. The van der Waals surface area contributed by atoms with Crippen molar-refractivity contribution in [1.82, 2.24) is 19.2 Å². The van der Waals surface area contributed by atoms with Crippen LogP contribution in [0, 0.1) is 0 Å². The van der Waals surface area contributed by atoms with Crippen molar-refractivity contribution in [2.75, 3.05) is 0 Å². The van der Waals surface area contributed by atoms with E-state index in [2.05, 4.69) is 26.8 Å². The van der Waals surface area contributed by atoms with Crippen molar-refractivity contribution >= 4 is 33.7 Å². The average molecular weight is 184 g/mol. The van der Waals surface area contributed by atoms with Crippen LogP contribution in [0.25, 0.3) is 11.0 Å². The van der Waals surface area contributed by atoms with E-state index < -0.39 is 0 Å². The molecule has 11 heavy (non-hydrogen) atoms. The minimum Gasteiger partial charge on any atom is -0.261 e. The van der Waals surface area contributed by atoms with Gasteiger partial charge in [0.1, 0.15) is 17.4 Å². The van der Waals surface area contributed by atoms with Crippen molar-refractivity contribution in [3.05, 3.63) is 18.7 Å². The lowest BCUT2D eigenvalue weighted by Crippen LogP contribution is -1.82. The van der Waals surface area contributed by atoms with Gasteiger partial charge in [0, 0.05) is 11.0 Å². The van der Waals surface area contributed by atoms with E-state index in [1.165, 1.54) is 11.0 Å². The van der Waals surface area contributed by atoms with Crippen LogP contribution < -0.4 is 0 Å². The molecule has 0 saturated carbocycles. The van der Waals surface area contributed by atoms with Crippen molar-refractivity contribution in [3.63, 3.8) is 0 Å². The number of hydrogen-bond acceptors (Lipinski definition) is 5. The van der Waals surface area contributed by atoms with Crippen LogP contribution in [-0.2, 0) is 0 Å². The Labute approximate surface area is 72.0 Å². The van der Waals surface area contributed by atoms with Gasteiger partial charge < -0.3 is 0 Å². The van der Waals surface area contributed by atoms with Crippen LogP contribution in [0.1, 0.15) is 0 Å². The summed E-state index contributed by atoms with van der Waals surface area (Å²) in [5, 5.41) is 7.44. The van der Waals surface area contributed by atoms with E-state index in [4.69, 9.17) is 0 Å². The van der Waals surface area contributed by atoms with Gasteiger partial charge in [0.2, 0.25) is 0 Å². The standard InChI is InChI=1S/C5H4N4S2/c10-11-9-3-6-4-1-7-8-2-5(4)9/h1-3,10H. The van der Waals surface area contributed by atoms with E-state index in [0.29, 0.717) is 0 Å². The van der Waals surface area contributed by atoms with Gasteiger partial charge in [0.05, 0.1) is 12.4 Å². The van der Waals surface area contributed by atoms with E-state index >= 15 is 0 Å². The Balaban J connectivity index is 2.76. The number of imidazole rings is 1. The molecule has 0 aliphatic heterocycles. The Morgan fingerprint density at radius 2 is 2.18 bits per heavy atom. The van der Waals surface area contributed by atoms with E-state index in [-0.39, 0.29) is 0 Å². The van der Waals surface area contributed by atoms with Crippen molar-refractivity contribution in [2.24, 2.45) is 0 Å². The quantitative estimate of drug-likeness (QED) is 0.533. The lowest BCUT2D eigenvalue weighted by Gasteiger charge is -1.92. The second-order valence-electron chi connectivity index (χ2n) is 1.91. The fourth-order valence-electron chi connectivity index (χ4n) is 0.819. The lowest BCUT2D eigenvalue weighted by molar-refractivity contribution is 1.04. The Bertz CT molecular complexity index is 371. The smallest absolute Gasteiger partial charge is 0.111 e. The lowest BCUT2D eigenvalue weighted by atomic mass is 10.5. The molecule has 0 radical (unpaired) electrons. The molecule has 0 aliphatic carbocycles.